The molecular formula is C16H25N3O. The summed E-state index contributed by atoms with van der Waals surface area (Å²) in [5.41, 5.74) is 0.699. The SMILES string of the molecule is CCCNc1ncccc1C(=O)N1CCC(C(C)C)C1. The summed E-state index contributed by atoms with van der Waals surface area (Å²) < 4.78 is 0. The van der Waals surface area contributed by atoms with Gasteiger partial charge in [-0.15, -0.1) is 0 Å². The summed E-state index contributed by atoms with van der Waals surface area (Å²) in [4.78, 5) is 18.9. The number of amides is 1. The van der Waals surface area contributed by atoms with E-state index in [9.17, 15) is 4.79 Å². The van der Waals surface area contributed by atoms with Gasteiger partial charge in [-0.25, -0.2) is 4.98 Å². The zero-order valence-electron chi connectivity index (χ0n) is 12.7. The largest absolute Gasteiger partial charge is 0.369 e. The standard InChI is InChI=1S/C16H25N3O/c1-4-8-17-15-14(6-5-9-18-15)16(20)19-10-7-13(11-19)12(2)3/h5-6,9,12-13H,4,7-8,10-11H2,1-3H3,(H,17,18). The first-order chi connectivity index (χ1) is 9.63. The molecule has 2 heterocycles. The fourth-order valence-electron chi connectivity index (χ4n) is 2.65. The van der Waals surface area contributed by atoms with E-state index < -0.39 is 0 Å². The molecule has 4 nitrogen and oxygen atoms in total. The van der Waals surface area contributed by atoms with Gasteiger partial charge in [0, 0.05) is 25.8 Å². The molecule has 1 aromatic rings. The highest BCUT2D eigenvalue weighted by atomic mass is 16.2. The van der Waals surface area contributed by atoms with Gasteiger partial charge in [0.2, 0.25) is 0 Å². The Balaban J connectivity index is 2.09. The van der Waals surface area contributed by atoms with E-state index in [1.54, 1.807) is 6.20 Å². The first kappa shape index (κ1) is 14.8. The van der Waals surface area contributed by atoms with Gasteiger partial charge in [0.25, 0.3) is 5.91 Å². The van der Waals surface area contributed by atoms with E-state index in [1.807, 2.05) is 17.0 Å². The molecule has 1 unspecified atom stereocenters. The number of carbonyl (C=O) groups is 1. The van der Waals surface area contributed by atoms with Crippen molar-refractivity contribution in [1.29, 1.82) is 0 Å². The van der Waals surface area contributed by atoms with Crippen LogP contribution in [0.25, 0.3) is 0 Å². The minimum Gasteiger partial charge on any atom is -0.369 e. The van der Waals surface area contributed by atoms with Crippen LogP contribution in [0, 0.1) is 11.8 Å². The van der Waals surface area contributed by atoms with Gasteiger partial charge >= 0.3 is 0 Å². The van der Waals surface area contributed by atoms with Crippen molar-refractivity contribution in [3.63, 3.8) is 0 Å². The summed E-state index contributed by atoms with van der Waals surface area (Å²) in [6, 6.07) is 3.70. The van der Waals surface area contributed by atoms with E-state index in [0.717, 1.165) is 32.5 Å². The van der Waals surface area contributed by atoms with Crippen molar-refractivity contribution in [3.05, 3.63) is 23.9 Å². The molecule has 20 heavy (non-hydrogen) atoms. The van der Waals surface area contributed by atoms with Gasteiger partial charge in [0.05, 0.1) is 5.56 Å². The van der Waals surface area contributed by atoms with Crippen LogP contribution in [-0.4, -0.2) is 35.4 Å². The summed E-state index contributed by atoms with van der Waals surface area (Å²) in [7, 11) is 0. The molecule has 1 fully saturated rings. The Morgan fingerprint density at radius 3 is 3.00 bits per heavy atom. The molecular weight excluding hydrogens is 250 g/mol. The molecule has 0 radical (unpaired) electrons. The number of nitrogens with one attached hydrogen (secondary N) is 1. The van der Waals surface area contributed by atoms with Gasteiger partial charge in [-0.1, -0.05) is 20.8 Å². The summed E-state index contributed by atoms with van der Waals surface area (Å²) in [5, 5.41) is 3.24. The van der Waals surface area contributed by atoms with E-state index in [0.29, 0.717) is 23.2 Å². The highest BCUT2D eigenvalue weighted by molar-refractivity contribution is 5.98. The lowest BCUT2D eigenvalue weighted by Crippen LogP contribution is -2.30. The molecule has 4 heteroatoms. The third-order valence-electron chi connectivity index (χ3n) is 4.04. The summed E-state index contributed by atoms with van der Waals surface area (Å²) in [5.74, 6) is 2.09. The van der Waals surface area contributed by atoms with Gasteiger partial charge in [-0.3, -0.25) is 4.79 Å². The topological polar surface area (TPSA) is 45.2 Å². The van der Waals surface area contributed by atoms with Crippen LogP contribution in [0.2, 0.25) is 0 Å². The molecule has 1 aliphatic heterocycles. The normalized spacial score (nSPS) is 18.6. The average Bonchev–Trinajstić information content (AvgIpc) is 2.94. The van der Waals surface area contributed by atoms with Gasteiger partial charge in [0.1, 0.15) is 5.82 Å². The fourth-order valence-corrected chi connectivity index (χ4v) is 2.65. The number of hydrogen-bond donors (Lipinski definition) is 1. The van der Waals surface area contributed by atoms with Crippen LogP contribution in [0.3, 0.4) is 0 Å². The maximum absolute atomic E-state index is 12.6. The third-order valence-corrected chi connectivity index (χ3v) is 4.04. The molecule has 2 rings (SSSR count). The molecule has 1 aliphatic rings. The zero-order valence-corrected chi connectivity index (χ0v) is 12.7. The Morgan fingerprint density at radius 2 is 2.35 bits per heavy atom. The van der Waals surface area contributed by atoms with E-state index >= 15 is 0 Å². The first-order valence-electron chi connectivity index (χ1n) is 7.61. The number of hydrogen-bond acceptors (Lipinski definition) is 3. The highest BCUT2D eigenvalue weighted by Crippen LogP contribution is 2.26. The Morgan fingerprint density at radius 1 is 1.55 bits per heavy atom. The van der Waals surface area contributed by atoms with Gasteiger partial charge < -0.3 is 10.2 Å². The van der Waals surface area contributed by atoms with Gasteiger partial charge in [0.15, 0.2) is 0 Å². The van der Waals surface area contributed by atoms with E-state index in [4.69, 9.17) is 0 Å². The smallest absolute Gasteiger partial charge is 0.257 e. The quantitative estimate of drug-likeness (QED) is 0.898. The molecule has 1 saturated heterocycles. The monoisotopic (exact) mass is 275 g/mol. The van der Waals surface area contributed by atoms with Crippen molar-refractivity contribution in [2.24, 2.45) is 11.8 Å². The number of nitrogens with zero attached hydrogens (tertiary/aromatic N) is 2. The van der Waals surface area contributed by atoms with Gasteiger partial charge in [-0.2, -0.15) is 0 Å². The molecule has 1 atom stereocenters. The average molecular weight is 275 g/mol. The molecule has 110 valence electrons. The number of pyridine rings is 1. The highest BCUT2D eigenvalue weighted by Gasteiger charge is 2.29. The van der Waals surface area contributed by atoms with Crippen molar-refractivity contribution in [1.82, 2.24) is 9.88 Å². The van der Waals surface area contributed by atoms with Crippen molar-refractivity contribution < 1.29 is 4.79 Å². The molecule has 1 N–H and O–H groups in total. The Labute approximate surface area is 121 Å². The lowest BCUT2D eigenvalue weighted by Gasteiger charge is -2.19. The second-order valence-corrected chi connectivity index (χ2v) is 5.87. The summed E-state index contributed by atoms with van der Waals surface area (Å²) in [6.45, 7) is 9.15. The lowest BCUT2D eigenvalue weighted by atomic mass is 9.95. The predicted molar refractivity (Wildman–Crippen MR) is 81.9 cm³/mol. The number of carbonyl (C=O) groups excluding carboxylic acids is 1. The second kappa shape index (κ2) is 6.73. The lowest BCUT2D eigenvalue weighted by molar-refractivity contribution is 0.0784. The molecule has 0 saturated carbocycles. The van der Waals surface area contributed by atoms with Crippen molar-refractivity contribution >= 4 is 11.7 Å². The molecule has 1 aromatic heterocycles. The zero-order chi connectivity index (χ0) is 14.5. The van der Waals surface area contributed by atoms with Crippen LogP contribution in [0.5, 0.6) is 0 Å². The number of aromatic nitrogens is 1. The van der Waals surface area contributed by atoms with Crippen LogP contribution in [0.1, 0.15) is 44.0 Å². The Kier molecular flexibility index (Phi) is 4.99. The molecule has 0 bridgehead atoms. The number of likely N-dealkylation sites (tertiary alicyclic amines) is 1. The molecule has 1 amide bonds. The Hall–Kier alpha value is -1.58. The second-order valence-electron chi connectivity index (χ2n) is 5.87. The van der Waals surface area contributed by atoms with Crippen molar-refractivity contribution in [2.75, 3.05) is 25.0 Å². The molecule has 0 spiro atoms. The summed E-state index contributed by atoms with van der Waals surface area (Å²) in [6.07, 6.45) is 3.86. The minimum absolute atomic E-state index is 0.111. The molecule has 0 aliphatic carbocycles. The fraction of sp³-hybridized carbons (Fsp3) is 0.625. The van der Waals surface area contributed by atoms with Crippen LogP contribution >= 0.6 is 0 Å². The number of rotatable bonds is 5. The van der Waals surface area contributed by atoms with Crippen LogP contribution in [0.4, 0.5) is 5.82 Å². The maximum atomic E-state index is 12.6. The van der Waals surface area contributed by atoms with Crippen molar-refractivity contribution in [3.8, 4) is 0 Å². The van der Waals surface area contributed by atoms with Crippen LogP contribution in [-0.2, 0) is 0 Å². The van der Waals surface area contributed by atoms with Crippen LogP contribution in [0.15, 0.2) is 18.3 Å². The van der Waals surface area contributed by atoms with E-state index in [-0.39, 0.29) is 5.91 Å². The molecule has 0 aromatic carbocycles. The first-order valence-corrected chi connectivity index (χ1v) is 7.61. The van der Waals surface area contributed by atoms with E-state index in [1.165, 1.54) is 0 Å². The van der Waals surface area contributed by atoms with Gasteiger partial charge in [-0.05, 0) is 36.8 Å². The number of anilines is 1. The van der Waals surface area contributed by atoms with Crippen LogP contribution < -0.4 is 5.32 Å². The third kappa shape index (κ3) is 3.30. The maximum Gasteiger partial charge on any atom is 0.257 e. The Bertz CT molecular complexity index is 459. The van der Waals surface area contributed by atoms with E-state index in [2.05, 4.69) is 31.1 Å². The summed E-state index contributed by atoms with van der Waals surface area (Å²) >= 11 is 0. The van der Waals surface area contributed by atoms with Crippen molar-refractivity contribution in [2.45, 2.75) is 33.6 Å². The predicted octanol–water partition coefficient (Wildman–Crippen LogP) is 3.02. The minimum atomic E-state index is 0.111.